The van der Waals surface area contributed by atoms with E-state index in [2.05, 4.69) is 10.6 Å². The lowest BCUT2D eigenvalue weighted by molar-refractivity contribution is -0.121. The number of nitrogens with one attached hydrogen (secondary N) is 2. The third-order valence-electron chi connectivity index (χ3n) is 3.69. The van der Waals surface area contributed by atoms with E-state index in [0.29, 0.717) is 18.1 Å². The van der Waals surface area contributed by atoms with Crippen LogP contribution in [0.2, 0.25) is 0 Å². The summed E-state index contributed by atoms with van der Waals surface area (Å²) in [6.07, 6.45) is 3.48. The van der Waals surface area contributed by atoms with Gasteiger partial charge >= 0.3 is 0 Å². The molecule has 2 aromatic rings. The molecular weight excluding hydrogens is 342 g/mol. The fourth-order valence-electron chi connectivity index (χ4n) is 2.59. The van der Waals surface area contributed by atoms with Crippen molar-refractivity contribution in [3.05, 3.63) is 40.9 Å². The van der Waals surface area contributed by atoms with Crippen molar-refractivity contribution in [2.24, 2.45) is 0 Å². The topological polar surface area (TPSA) is 89.4 Å². The van der Waals surface area contributed by atoms with Gasteiger partial charge in [-0.2, -0.15) is 0 Å². The highest BCUT2D eigenvalue weighted by molar-refractivity contribution is 8.18. The second kappa shape index (κ2) is 7.54. The molecule has 0 unspecified atom stereocenters. The van der Waals surface area contributed by atoms with Crippen molar-refractivity contribution in [2.75, 3.05) is 20.3 Å². The molecule has 0 atom stereocenters. The van der Waals surface area contributed by atoms with Crippen molar-refractivity contribution in [1.82, 2.24) is 15.2 Å². The van der Waals surface area contributed by atoms with E-state index in [4.69, 9.17) is 4.74 Å². The summed E-state index contributed by atoms with van der Waals surface area (Å²) in [6.45, 7) is 1.06. The summed E-state index contributed by atoms with van der Waals surface area (Å²) in [4.78, 5) is 35.5. The van der Waals surface area contributed by atoms with E-state index in [0.717, 1.165) is 28.2 Å². The number of amides is 3. The Kier molecular flexibility index (Phi) is 5.20. The summed E-state index contributed by atoms with van der Waals surface area (Å²) in [5.41, 5.74) is 1.67. The number of imide groups is 1. The normalized spacial score (nSPS) is 15.8. The highest BCUT2D eigenvalue weighted by Crippen LogP contribution is 2.29. The van der Waals surface area contributed by atoms with E-state index >= 15 is 0 Å². The van der Waals surface area contributed by atoms with Gasteiger partial charge in [-0.3, -0.25) is 19.7 Å². The number of fused-ring (bicyclic) bond motifs is 1. The molecule has 1 aliphatic rings. The van der Waals surface area contributed by atoms with Crippen molar-refractivity contribution in [3.63, 3.8) is 0 Å². The first-order valence-electron chi connectivity index (χ1n) is 7.67. The number of hydrogen-bond acceptors (Lipinski definition) is 5. The van der Waals surface area contributed by atoms with Gasteiger partial charge in [0.05, 0.1) is 11.5 Å². The molecule has 1 aromatic heterocycles. The van der Waals surface area contributed by atoms with Crippen LogP contribution in [-0.4, -0.2) is 41.9 Å². The standard InChI is InChI=1S/C17H17N3O4S/c1-24-7-6-18-15(21)10-20-9-11(12-4-2-3-5-13(12)20)8-14-16(22)19-17(23)25-14/h2-5,8-9H,6-7,10H2,1H3,(H,18,21)(H,19,22,23)/b14-8-. The van der Waals surface area contributed by atoms with Gasteiger partial charge in [-0.1, -0.05) is 18.2 Å². The molecule has 2 N–H and O–H groups in total. The zero-order chi connectivity index (χ0) is 17.8. The summed E-state index contributed by atoms with van der Waals surface area (Å²) in [7, 11) is 1.58. The lowest BCUT2D eigenvalue weighted by Crippen LogP contribution is -2.30. The molecule has 1 fully saturated rings. The van der Waals surface area contributed by atoms with Crippen molar-refractivity contribution >= 4 is 45.8 Å². The van der Waals surface area contributed by atoms with Gasteiger partial charge in [-0.15, -0.1) is 0 Å². The maximum atomic E-state index is 12.1. The third kappa shape index (κ3) is 3.92. The fraction of sp³-hybridized carbons (Fsp3) is 0.235. The first-order chi connectivity index (χ1) is 12.1. The maximum absolute atomic E-state index is 12.1. The summed E-state index contributed by atoms with van der Waals surface area (Å²) in [5, 5.41) is 5.55. The van der Waals surface area contributed by atoms with E-state index in [1.807, 2.05) is 35.0 Å². The number of para-hydroxylation sites is 1. The molecule has 2 heterocycles. The Balaban J connectivity index is 1.88. The number of aromatic nitrogens is 1. The Hall–Kier alpha value is -2.58. The molecule has 1 aromatic carbocycles. The van der Waals surface area contributed by atoms with Crippen LogP contribution < -0.4 is 10.6 Å². The van der Waals surface area contributed by atoms with Gasteiger partial charge in [0.1, 0.15) is 6.54 Å². The smallest absolute Gasteiger partial charge is 0.290 e. The van der Waals surface area contributed by atoms with Crippen molar-refractivity contribution in [2.45, 2.75) is 6.54 Å². The molecule has 0 saturated carbocycles. The minimum atomic E-state index is -0.399. The van der Waals surface area contributed by atoms with Crippen molar-refractivity contribution < 1.29 is 19.1 Å². The van der Waals surface area contributed by atoms with Gasteiger partial charge in [0.2, 0.25) is 5.91 Å². The minimum absolute atomic E-state index is 0.125. The SMILES string of the molecule is COCCNC(=O)Cn1cc(/C=C2\SC(=O)NC2=O)c2ccccc21. The average Bonchev–Trinajstić information content (AvgIpc) is 3.08. The number of ether oxygens (including phenoxy) is 1. The first-order valence-corrected chi connectivity index (χ1v) is 8.48. The van der Waals surface area contributed by atoms with E-state index in [9.17, 15) is 14.4 Å². The van der Waals surface area contributed by atoms with Crippen molar-refractivity contribution in [1.29, 1.82) is 0 Å². The highest BCUT2D eigenvalue weighted by atomic mass is 32.2. The largest absolute Gasteiger partial charge is 0.383 e. The van der Waals surface area contributed by atoms with Crippen LogP contribution in [0.15, 0.2) is 35.4 Å². The number of carbonyl (C=O) groups is 3. The van der Waals surface area contributed by atoms with Crippen LogP contribution in [0, 0.1) is 0 Å². The molecule has 0 spiro atoms. The van der Waals surface area contributed by atoms with Crippen LogP contribution in [0.1, 0.15) is 5.56 Å². The Morgan fingerprint density at radius 3 is 2.88 bits per heavy atom. The summed E-state index contributed by atoms with van der Waals surface area (Å²) >= 11 is 0.873. The van der Waals surface area contributed by atoms with E-state index in [1.165, 1.54) is 0 Å². The second-order valence-corrected chi connectivity index (χ2v) is 6.44. The molecule has 8 heteroatoms. The van der Waals surface area contributed by atoms with Crippen molar-refractivity contribution in [3.8, 4) is 0 Å². The van der Waals surface area contributed by atoms with E-state index < -0.39 is 5.91 Å². The predicted octanol–water partition coefficient (Wildman–Crippen LogP) is 1.73. The van der Waals surface area contributed by atoms with E-state index in [1.54, 1.807) is 13.2 Å². The van der Waals surface area contributed by atoms with Crippen LogP contribution in [0.5, 0.6) is 0 Å². The monoisotopic (exact) mass is 359 g/mol. The third-order valence-corrected chi connectivity index (χ3v) is 4.50. The average molecular weight is 359 g/mol. The number of carbonyl (C=O) groups excluding carboxylic acids is 3. The second-order valence-electron chi connectivity index (χ2n) is 5.42. The molecule has 25 heavy (non-hydrogen) atoms. The summed E-state index contributed by atoms with van der Waals surface area (Å²) in [6, 6.07) is 7.60. The van der Waals surface area contributed by atoms with Gasteiger partial charge in [-0.05, 0) is 23.9 Å². The highest BCUT2D eigenvalue weighted by Gasteiger charge is 2.25. The van der Waals surface area contributed by atoms with Gasteiger partial charge in [0, 0.05) is 36.3 Å². The first kappa shape index (κ1) is 17.2. The van der Waals surface area contributed by atoms with Crippen LogP contribution in [0.4, 0.5) is 4.79 Å². The van der Waals surface area contributed by atoms with E-state index in [-0.39, 0.29) is 17.7 Å². The number of hydrogen-bond donors (Lipinski definition) is 2. The molecular formula is C17H17N3O4S. The quantitative estimate of drug-likeness (QED) is 0.606. The molecule has 3 amide bonds. The Bertz CT molecular complexity index is 872. The van der Waals surface area contributed by atoms with Gasteiger partial charge in [0.25, 0.3) is 11.1 Å². The molecule has 0 aliphatic carbocycles. The fourth-order valence-corrected chi connectivity index (χ4v) is 3.26. The number of nitrogens with zero attached hydrogens (tertiary/aromatic N) is 1. The lowest BCUT2D eigenvalue weighted by Gasteiger charge is -2.06. The molecule has 1 aliphatic heterocycles. The molecule has 0 bridgehead atoms. The van der Waals surface area contributed by atoms with Crippen LogP contribution in [-0.2, 0) is 20.9 Å². The summed E-state index contributed by atoms with van der Waals surface area (Å²) in [5.74, 6) is -0.524. The molecule has 7 nitrogen and oxygen atoms in total. The number of thioether (sulfide) groups is 1. The van der Waals surface area contributed by atoms with Gasteiger partial charge in [0.15, 0.2) is 0 Å². The molecule has 3 rings (SSSR count). The molecule has 0 radical (unpaired) electrons. The predicted molar refractivity (Wildman–Crippen MR) is 95.9 cm³/mol. The Labute approximate surface area is 148 Å². The van der Waals surface area contributed by atoms with Crippen LogP contribution in [0.3, 0.4) is 0 Å². The summed E-state index contributed by atoms with van der Waals surface area (Å²) < 4.78 is 6.74. The zero-order valence-corrected chi connectivity index (χ0v) is 14.4. The minimum Gasteiger partial charge on any atom is -0.383 e. The Morgan fingerprint density at radius 2 is 2.16 bits per heavy atom. The molecule has 130 valence electrons. The maximum Gasteiger partial charge on any atom is 0.290 e. The van der Waals surface area contributed by atoms with Gasteiger partial charge in [-0.25, -0.2) is 0 Å². The lowest BCUT2D eigenvalue weighted by atomic mass is 10.1. The number of methoxy groups -OCH3 is 1. The molecule has 1 saturated heterocycles. The number of rotatable bonds is 6. The number of benzene rings is 1. The Morgan fingerprint density at radius 1 is 1.36 bits per heavy atom. The zero-order valence-electron chi connectivity index (χ0n) is 13.6. The van der Waals surface area contributed by atoms with Gasteiger partial charge < -0.3 is 14.6 Å². The van der Waals surface area contributed by atoms with Crippen LogP contribution in [0.25, 0.3) is 17.0 Å². The van der Waals surface area contributed by atoms with Crippen LogP contribution >= 0.6 is 11.8 Å².